The first-order valence-electron chi connectivity index (χ1n) is 7.55. The molecule has 0 bridgehead atoms. The summed E-state index contributed by atoms with van der Waals surface area (Å²) in [5, 5.41) is 0. The van der Waals surface area contributed by atoms with E-state index in [2.05, 4.69) is 14.5 Å². The minimum Gasteiger partial charge on any atom is -0.421 e. The fourth-order valence-electron chi connectivity index (χ4n) is 2.32. The zero-order valence-corrected chi connectivity index (χ0v) is 13.3. The average Bonchev–Trinajstić information content (AvgIpc) is 2.60. The van der Waals surface area contributed by atoms with E-state index in [1.165, 1.54) is 12.3 Å². The molecular weight excluding hydrogens is 377 g/mol. The van der Waals surface area contributed by atoms with Gasteiger partial charge in [0.1, 0.15) is 5.69 Å². The van der Waals surface area contributed by atoms with E-state index in [9.17, 15) is 31.5 Å². The van der Waals surface area contributed by atoms with Crippen LogP contribution in [0.25, 0.3) is 0 Å². The Hall–Kier alpha value is -3.04. The highest BCUT2D eigenvalue weighted by Gasteiger charge is 2.65. The molecule has 1 aliphatic rings. The number of rotatable bonds is 5. The molecule has 0 N–H and O–H groups in total. The van der Waals surface area contributed by atoms with Crippen molar-refractivity contribution in [1.29, 1.82) is 0 Å². The number of alkyl halides is 4. The molecule has 0 saturated heterocycles. The van der Waals surface area contributed by atoms with Crippen LogP contribution in [-0.4, -0.2) is 28.8 Å². The van der Waals surface area contributed by atoms with Gasteiger partial charge in [-0.2, -0.15) is 17.6 Å². The summed E-state index contributed by atoms with van der Waals surface area (Å²) in [5.74, 6) is -3.61. The van der Waals surface area contributed by atoms with Crippen LogP contribution >= 0.6 is 0 Å². The molecule has 0 fully saturated rings. The van der Waals surface area contributed by atoms with E-state index in [0.717, 1.165) is 24.3 Å². The van der Waals surface area contributed by atoms with Gasteiger partial charge in [-0.05, 0) is 30.3 Å². The standard InChI is InChI=1S/C17H10F5NO4/c18-10-2-1-7-23-15(10)12(25)5-4-11(24)9-3-6-13-14(8-9)27-17(21,22)16(19,20)26-13/h1-3,6-8H,4-5H2. The molecule has 0 aliphatic carbocycles. The monoisotopic (exact) mass is 387 g/mol. The molecule has 3 rings (SSSR count). The number of hydrogen-bond donors (Lipinski definition) is 0. The third kappa shape index (κ3) is 3.60. The quantitative estimate of drug-likeness (QED) is 0.573. The van der Waals surface area contributed by atoms with E-state index in [-0.39, 0.29) is 18.4 Å². The van der Waals surface area contributed by atoms with Gasteiger partial charge in [-0.1, -0.05) is 0 Å². The number of Topliss-reactive ketones (excluding diaryl/α,β-unsaturated/α-hetero) is 2. The summed E-state index contributed by atoms with van der Waals surface area (Å²) < 4.78 is 73.9. The SMILES string of the molecule is O=C(CCC(=O)c1ncccc1F)c1ccc2c(c1)OC(F)(F)C(F)(F)O2. The van der Waals surface area contributed by atoms with E-state index in [1.807, 2.05) is 0 Å². The van der Waals surface area contributed by atoms with Crippen molar-refractivity contribution in [2.24, 2.45) is 0 Å². The van der Waals surface area contributed by atoms with Crippen LogP contribution in [0.1, 0.15) is 33.7 Å². The number of nitrogens with zero attached hydrogens (tertiary/aromatic N) is 1. The van der Waals surface area contributed by atoms with Gasteiger partial charge in [-0.3, -0.25) is 14.6 Å². The second kappa shape index (κ2) is 6.60. The van der Waals surface area contributed by atoms with Gasteiger partial charge in [0.05, 0.1) is 0 Å². The molecule has 142 valence electrons. The van der Waals surface area contributed by atoms with Crippen molar-refractivity contribution in [2.45, 2.75) is 25.1 Å². The third-order valence-corrected chi connectivity index (χ3v) is 3.68. The maximum absolute atomic E-state index is 13.5. The average molecular weight is 387 g/mol. The molecule has 5 nitrogen and oxygen atoms in total. The fourth-order valence-corrected chi connectivity index (χ4v) is 2.32. The van der Waals surface area contributed by atoms with Gasteiger partial charge < -0.3 is 9.47 Å². The number of pyridine rings is 1. The number of aromatic nitrogens is 1. The summed E-state index contributed by atoms with van der Waals surface area (Å²) in [6.07, 6.45) is -9.30. The topological polar surface area (TPSA) is 65.5 Å². The Labute approximate surface area is 148 Å². The lowest BCUT2D eigenvalue weighted by Gasteiger charge is -2.31. The Bertz CT molecular complexity index is 916. The fraction of sp³-hybridized carbons (Fsp3) is 0.235. The van der Waals surface area contributed by atoms with E-state index in [4.69, 9.17) is 0 Å². The molecule has 1 aliphatic heterocycles. The predicted octanol–water partition coefficient (Wildman–Crippen LogP) is 4.02. The predicted molar refractivity (Wildman–Crippen MR) is 79.7 cm³/mol. The Morgan fingerprint density at radius 3 is 2.22 bits per heavy atom. The summed E-state index contributed by atoms with van der Waals surface area (Å²) in [7, 11) is 0. The second-order valence-electron chi connectivity index (χ2n) is 5.58. The van der Waals surface area contributed by atoms with Crippen molar-refractivity contribution in [3.63, 3.8) is 0 Å². The number of carbonyl (C=O) groups is 2. The van der Waals surface area contributed by atoms with Crippen molar-refractivity contribution in [2.75, 3.05) is 0 Å². The number of hydrogen-bond acceptors (Lipinski definition) is 5. The summed E-state index contributed by atoms with van der Waals surface area (Å²) >= 11 is 0. The Kier molecular flexibility index (Phi) is 4.58. The van der Waals surface area contributed by atoms with Crippen molar-refractivity contribution >= 4 is 11.6 Å². The van der Waals surface area contributed by atoms with Crippen molar-refractivity contribution in [1.82, 2.24) is 4.98 Å². The molecule has 0 radical (unpaired) electrons. The maximum Gasteiger partial charge on any atom is 0.507 e. The lowest BCUT2D eigenvalue weighted by molar-refractivity contribution is -0.391. The molecule has 10 heteroatoms. The lowest BCUT2D eigenvalue weighted by atomic mass is 10.0. The normalized spacial score (nSPS) is 16.6. The van der Waals surface area contributed by atoms with Gasteiger partial charge in [0.15, 0.2) is 28.9 Å². The smallest absolute Gasteiger partial charge is 0.421 e. The summed E-state index contributed by atoms with van der Waals surface area (Å²) in [5.41, 5.74) is -0.581. The zero-order valence-electron chi connectivity index (χ0n) is 13.3. The van der Waals surface area contributed by atoms with Crippen molar-refractivity contribution < 1.29 is 41.0 Å². The number of carbonyl (C=O) groups excluding carboxylic acids is 2. The van der Waals surface area contributed by atoms with Gasteiger partial charge in [0, 0.05) is 24.6 Å². The van der Waals surface area contributed by atoms with Gasteiger partial charge >= 0.3 is 12.2 Å². The Morgan fingerprint density at radius 2 is 1.56 bits per heavy atom. The number of ether oxygens (including phenoxy) is 2. The highest BCUT2D eigenvalue weighted by Crippen LogP contribution is 2.47. The van der Waals surface area contributed by atoms with Crippen LogP contribution in [0.15, 0.2) is 36.5 Å². The number of benzene rings is 1. The van der Waals surface area contributed by atoms with Crippen molar-refractivity contribution in [3.8, 4) is 11.5 Å². The number of ketones is 2. The first-order valence-corrected chi connectivity index (χ1v) is 7.55. The van der Waals surface area contributed by atoms with Crippen LogP contribution in [0.3, 0.4) is 0 Å². The highest BCUT2D eigenvalue weighted by molar-refractivity contribution is 6.01. The lowest BCUT2D eigenvalue weighted by Crippen LogP contribution is -2.52. The van der Waals surface area contributed by atoms with Crippen molar-refractivity contribution in [3.05, 3.63) is 53.6 Å². The molecule has 0 amide bonds. The minimum absolute atomic E-state index is 0.160. The van der Waals surface area contributed by atoms with E-state index in [1.54, 1.807) is 0 Å². The van der Waals surface area contributed by atoms with Gasteiger partial charge in [-0.15, -0.1) is 0 Å². The third-order valence-electron chi connectivity index (χ3n) is 3.68. The van der Waals surface area contributed by atoms with Gasteiger partial charge in [0.2, 0.25) is 0 Å². The summed E-state index contributed by atoms with van der Waals surface area (Å²) in [6.45, 7) is 0. The number of fused-ring (bicyclic) bond motifs is 1. The van der Waals surface area contributed by atoms with E-state index < -0.39 is 46.8 Å². The van der Waals surface area contributed by atoms with Crippen LogP contribution < -0.4 is 9.47 Å². The molecule has 0 saturated carbocycles. The maximum atomic E-state index is 13.5. The Morgan fingerprint density at radius 1 is 0.926 bits per heavy atom. The summed E-state index contributed by atoms with van der Waals surface area (Å²) in [6, 6.07) is 5.10. The molecule has 1 aromatic heterocycles. The molecule has 27 heavy (non-hydrogen) atoms. The minimum atomic E-state index is -4.91. The molecule has 0 unspecified atom stereocenters. The van der Waals surface area contributed by atoms with Crippen LogP contribution in [0, 0.1) is 5.82 Å². The molecule has 0 atom stereocenters. The second-order valence-corrected chi connectivity index (χ2v) is 5.58. The molecule has 2 heterocycles. The van der Waals surface area contributed by atoms with Crippen LogP contribution in [0.2, 0.25) is 0 Å². The highest BCUT2D eigenvalue weighted by atomic mass is 19.3. The van der Waals surface area contributed by atoms with Crippen LogP contribution in [0.5, 0.6) is 11.5 Å². The zero-order chi connectivity index (χ0) is 19.8. The first kappa shape index (κ1) is 18.7. The van der Waals surface area contributed by atoms with E-state index >= 15 is 0 Å². The van der Waals surface area contributed by atoms with E-state index in [0.29, 0.717) is 0 Å². The Balaban J connectivity index is 1.72. The molecule has 1 aromatic carbocycles. The molecular formula is C17H10F5NO4. The van der Waals surface area contributed by atoms with Crippen LogP contribution in [-0.2, 0) is 0 Å². The van der Waals surface area contributed by atoms with Gasteiger partial charge in [-0.25, -0.2) is 4.39 Å². The largest absolute Gasteiger partial charge is 0.507 e. The molecule has 2 aromatic rings. The molecule has 0 spiro atoms. The summed E-state index contributed by atoms with van der Waals surface area (Å²) in [4.78, 5) is 27.6. The van der Waals surface area contributed by atoms with Crippen LogP contribution in [0.4, 0.5) is 22.0 Å². The number of halogens is 5. The van der Waals surface area contributed by atoms with Gasteiger partial charge in [0.25, 0.3) is 0 Å². The first-order chi connectivity index (χ1) is 12.6.